The molecule has 0 atom stereocenters. The second-order valence-corrected chi connectivity index (χ2v) is 8.99. The summed E-state index contributed by atoms with van der Waals surface area (Å²) in [4.78, 5) is 4.52. The normalized spacial score (nSPS) is 11.8. The molecule has 0 N–H and O–H groups in total. The van der Waals surface area contributed by atoms with E-state index < -0.39 is 11.7 Å². The lowest BCUT2D eigenvalue weighted by Crippen LogP contribution is -2.13. The van der Waals surface area contributed by atoms with Gasteiger partial charge in [-0.25, -0.2) is 5.32 Å². The first kappa shape index (κ1) is 26.9. The highest BCUT2D eigenvalue weighted by molar-refractivity contribution is 5.54. The Labute approximate surface area is 206 Å². The summed E-state index contributed by atoms with van der Waals surface area (Å²) >= 11 is 0. The monoisotopic (exact) mass is 486 g/mol. The lowest BCUT2D eigenvalue weighted by atomic mass is 10.1. The molecule has 0 spiro atoms. The predicted octanol–water partition coefficient (Wildman–Crippen LogP) is 8.13. The molecule has 2 aromatic carbocycles. The van der Waals surface area contributed by atoms with Gasteiger partial charge in [0.15, 0.2) is 5.82 Å². The number of alkyl halides is 3. The van der Waals surface area contributed by atoms with Gasteiger partial charge in [-0.2, -0.15) is 18.2 Å². The molecule has 0 fully saturated rings. The topological polar surface area (TPSA) is 53.0 Å². The molecular weight excluding hydrogens is 451 g/mol. The fraction of sp³-hybridized carbons (Fsp3) is 0.500. The van der Waals surface area contributed by atoms with E-state index in [1.54, 1.807) is 6.07 Å². The van der Waals surface area contributed by atoms with Crippen LogP contribution in [-0.2, 0) is 25.7 Å². The van der Waals surface area contributed by atoms with E-state index in [2.05, 4.69) is 22.4 Å². The molecule has 3 rings (SSSR count). The van der Waals surface area contributed by atoms with Crippen LogP contribution in [0.4, 0.5) is 13.2 Å². The summed E-state index contributed by atoms with van der Waals surface area (Å²) in [6.45, 7) is 2.55. The van der Waals surface area contributed by atoms with E-state index in [0.29, 0.717) is 18.3 Å². The molecule has 0 aliphatic heterocycles. The summed E-state index contributed by atoms with van der Waals surface area (Å²) in [5.74, 6) is 1.17. The Morgan fingerprint density at radius 2 is 1.54 bits per heavy atom. The van der Waals surface area contributed by atoms with Crippen LogP contribution in [-0.4, -0.2) is 10.1 Å². The maximum Gasteiger partial charge on any atom is 0.416 e. The van der Waals surface area contributed by atoms with Gasteiger partial charge in [0.25, 0.3) is 5.89 Å². The first-order valence-corrected chi connectivity index (χ1v) is 12.7. The minimum atomic E-state index is -4.38. The fourth-order valence-electron chi connectivity index (χ4n) is 4.11. The molecule has 189 valence electrons. The number of benzene rings is 2. The summed E-state index contributed by atoms with van der Waals surface area (Å²) in [6.07, 6.45) is 7.82. The third-order valence-corrected chi connectivity index (χ3v) is 6.05. The Kier molecular flexibility index (Phi) is 10.8. The minimum Gasteiger partial charge on any atom is -0.334 e. The van der Waals surface area contributed by atoms with Gasteiger partial charge in [0.2, 0.25) is 0 Å². The van der Waals surface area contributed by atoms with Gasteiger partial charge in [0.05, 0.1) is 5.56 Å². The van der Waals surface area contributed by atoms with Gasteiger partial charge in [-0.15, -0.1) is 0 Å². The quantitative estimate of drug-likeness (QED) is 0.204. The van der Waals surface area contributed by atoms with E-state index >= 15 is 0 Å². The van der Waals surface area contributed by atoms with E-state index in [4.69, 9.17) is 4.52 Å². The number of nitrogens with zero attached hydrogens (tertiary/aromatic N) is 3. The summed E-state index contributed by atoms with van der Waals surface area (Å²) in [6, 6.07) is 13.1. The average molecular weight is 487 g/mol. The third kappa shape index (κ3) is 9.13. The number of aromatic nitrogens is 2. The Morgan fingerprint density at radius 3 is 2.29 bits per heavy atom. The lowest BCUT2D eigenvalue weighted by molar-refractivity contribution is -0.138. The van der Waals surface area contributed by atoms with Gasteiger partial charge in [0, 0.05) is 25.1 Å². The van der Waals surface area contributed by atoms with E-state index in [1.165, 1.54) is 63.5 Å². The van der Waals surface area contributed by atoms with Crippen LogP contribution in [0.2, 0.25) is 0 Å². The Balaban J connectivity index is 1.43. The van der Waals surface area contributed by atoms with Crippen molar-refractivity contribution in [2.75, 3.05) is 0 Å². The highest BCUT2D eigenvalue weighted by Crippen LogP contribution is 2.32. The molecule has 0 saturated heterocycles. The van der Waals surface area contributed by atoms with Gasteiger partial charge < -0.3 is 4.52 Å². The van der Waals surface area contributed by atoms with Crippen molar-refractivity contribution in [3.63, 3.8) is 0 Å². The minimum absolute atomic E-state index is 0.00333. The zero-order chi connectivity index (χ0) is 24.9. The van der Waals surface area contributed by atoms with Crippen LogP contribution < -0.4 is 5.32 Å². The highest BCUT2D eigenvalue weighted by atomic mass is 19.4. The molecule has 0 amide bonds. The van der Waals surface area contributed by atoms with Crippen LogP contribution in [0, 0.1) is 0 Å². The van der Waals surface area contributed by atoms with Crippen molar-refractivity contribution >= 4 is 0 Å². The van der Waals surface area contributed by atoms with Crippen LogP contribution in [0.1, 0.15) is 87.2 Å². The van der Waals surface area contributed by atoms with Crippen molar-refractivity contribution in [2.45, 2.75) is 90.4 Å². The lowest BCUT2D eigenvalue weighted by Gasteiger charge is -2.12. The van der Waals surface area contributed by atoms with Gasteiger partial charge in [0.1, 0.15) is 0 Å². The predicted molar refractivity (Wildman–Crippen MR) is 132 cm³/mol. The average Bonchev–Trinajstić information content (AvgIpc) is 3.32. The number of aryl methyl sites for hydroxylation is 1. The molecule has 1 aromatic heterocycles. The molecule has 0 aliphatic rings. The molecule has 1 radical (unpaired) electrons. The number of unbranched alkanes of at least 4 members (excludes halogenated alkanes) is 8. The zero-order valence-corrected chi connectivity index (χ0v) is 20.5. The number of halogens is 3. The van der Waals surface area contributed by atoms with Crippen molar-refractivity contribution in [1.29, 1.82) is 0 Å². The van der Waals surface area contributed by atoms with Gasteiger partial charge >= 0.3 is 6.18 Å². The molecule has 0 bridgehead atoms. The largest absolute Gasteiger partial charge is 0.416 e. The van der Waals surface area contributed by atoms with E-state index in [9.17, 15) is 13.2 Å². The van der Waals surface area contributed by atoms with Crippen LogP contribution in [0.5, 0.6) is 0 Å². The van der Waals surface area contributed by atoms with Crippen LogP contribution in [0.25, 0.3) is 11.5 Å². The Hall–Kier alpha value is -2.67. The fourth-order valence-corrected chi connectivity index (χ4v) is 4.11. The standard InChI is InChI=1S/C28H35F3N3O/c1-2-3-4-5-6-7-8-9-10-18-26-33-27(35-34-26)23-16-13-14-22(19-23)20-32-21-24-15-11-12-17-25(24)28(29,30)31/h11-17,19H,2-10,18,20-21H2,1H3. The second-order valence-electron chi connectivity index (χ2n) is 8.99. The molecule has 0 aliphatic carbocycles. The first-order chi connectivity index (χ1) is 17.0. The molecule has 0 saturated carbocycles. The summed E-state index contributed by atoms with van der Waals surface area (Å²) in [5.41, 5.74) is 1.21. The molecule has 0 unspecified atom stereocenters. The van der Waals surface area contributed by atoms with Crippen molar-refractivity contribution in [3.05, 3.63) is 71.0 Å². The summed E-state index contributed by atoms with van der Waals surface area (Å²) in [7, 11) is 0. The summed E-state index contributed by atoms with van der Waals surface area (Å²) < 4.78 is 44.9. The van der Waals surface area contributed by atoms with E-state index in [0.717, 1.165) is 30.0 Å². The first-order valence-electron chi connectivity index (χ1n) is 12.7. The second kappa shape index (κ2) is 14.0. The van der Waals surface area contributed by atoms with Crippen molar-refractivity contribution in [1.82, 2.24) is 15.5 Å². The summed E-state index contributed by atoms with van der Waals surface area (Å²) in [5, 5.41) is 8.45. The Morgan fingerprint density at radius 1 is 0.829 bits per heavy atom. The van der Waals surface area contributed by atoms with Crippen LogP contribution in [0.15, 0.2) is 53.1 Å². The van der Waals surface area contributed by atoms with Gasteiger partial charge in [-0.3, -0.25) is 0 Å². The zero-order valence-electron chi connectivity index (χ0n) is 20.5. The third-order valence-electron chi connectivity index (χ3n) is 6.05. The van der Waals surface area contributed by atoms with Crippen LogP contribution >= 0.6 is 0 Å². The smallest absolute Gasteiger partial charge is 0.334 e. The van der Waals surface area contributed by atoms with Crippen molar-refractivity contribution in [3.8, 4) is 11.5 Å². The maximum absolute atomic E-state index is 13.2. The van der Waals surface area contributed by atoms with E-state index in [-0.39, 0.29) is 12.1 Å². The number of hydrogen-bond donors (Lipinski definition) is 0. The molecular formula is C28H35F3N3O. The highest BCUT2D eigenvalue weighted by Gasteiger charge is 2.32. The van der Waals surface area contributed by atoms with Crippen molar-refractivity contribution in [2.24, 2.45) is 0 Å². The number of rotatable bonds is 15. The van der Waals surface area contributed by atoms with E-state index in [1.807, 2.05) is 24.3 Å². The number of hydrogen-bond acceptors (Lipinski definition) is 3. The Bertz CT molecular complexity index is 1020. The molecule has 4 nitrogen and oxygen atoms in total. The molecule has 7 heteroatoms. The molecule has 1 heterocycles. The molecule has 35 heavy (non-hydrogen) atoms. The SMILES string of the molecule is CCCCCCCCCCCc1noc(-c2cccc(C[N]Cc3ccccc3C(F)(F)F)c2)n1. The molecule has 3 aromatic rings. The van der Waals surface area contributed by atoms with Gasteiger partial charge in [-0.1, -0.05) is 93.8 Å². The van der Waals surface area contributed by atoms with Crippen molar-refractivity contribution < 1.29 is 17.7 Å². The maximum atomic E-state index is 13.2. The van der Waals surface area contributed by atoms with Crippen LogP contribution in [0.3, 0.4) is 0 Å². The van der Waals surface area contributed by atoms with Gasteiger partial charge in [-0.05, 0) is 35.7 Å².